The van der Waals surface area contributed by atoms with Gasteiger partial charge in [0.25, 0.3) is 0 Å². The van der Waals surface area contributed by atoms with Crippen molar-refractivity contribution in [1.29, 1.82) is 0 Å². The van der Waals surface area contributed by atoms with Gasteiger partial charge in [0.1, 0.15) is 0 Å². The molecule has 32 heavy (non-hydrogen) atoms. The van der Waals surface area contributed by atoms with Crippen molar-refractivity contribution in [3.05, 3.63) is 0 Å². The zero-order valence-corrected chi connectivity index (χ0v) is 23.4. The lowest BCUT2D eigenvalue weighted by molar-refractivity contribution is -0.117. The average molecular weight is 487 g/mol. The summed E-state index contributed by atoms with van der Waals surface area (Å²) in [6.45, 7) is 13.8. The monoisotopic (exact) mass is 485 g/mol. The molecule has 0 aromatic carbocycles. The lowest BCUT2D eigenvalue weighted by Gasteiger charge is -2.61. The molecular weight excluding hydrogens is 433 g/mol. The first-order chi connectivity index (χ1) is 14.8. The molecule has 0 spiro atoms. The summed E-state index contributed by atoms with van der Waals surface area (Å²) in [4.78, 5) is 0. The van der Waals surface area contributed by atoms with Crippen LogP contribution in [0.25, 0.3) is 0 Å². The highest BCUT2D eigenvalue weighted by molar-refractivity contribution is 6.18. The average Bonchev–Trinajstić information content (AvgIpc) is 3.09. The van der Waals surface area contributed by atoms with Crippen molar-refractivity contribution in [3.8, 4) is 0 Å². The van der Waals surface area contributed by atoms with Crippen LogP contribution in [0.15, 0.2) is 0 Å². The van der Waals surface area contributed by atoms with E-state index in [4.69, 9.17) is 11.6 Å². The molecular formula is C29H53Cl2N. The van der Waals surface area contributed by atoms with Crippen molar-refractivity contribution in [2.24, 2.45) is 52.3 Å². The number of rotatable bonds is 8. The van der Waals surface area contributed by atoms with Gasteiger partial charge in [-0.1, -0.05) is 53.9 Å². The Morgan fingerprint density at radius 2 is 1.59 bits per heavy atom. The predicted molar refractivity (Wildman–Crippen MR) is 143 cm³/mol. The molecule has 0 aliphatic heterocycles. The largest absolute Gasteiger partial charge is 0.313 e. The Hall–Kier alpha value is 0.540. The first-order valence-electron chi connectivity index (χ1n) is 14.1. The van der Waals surface area contributed by atoms with Crippen molar-refractivity contribution in [2.75, 3.05) is 12.4 Å². The molecule has 4 fully saturated rings. The second-order valence-corrected chi connectivity index (χ2v) is 13.7. The number of nitrogens with one attached hydrogen (secondary N) is 1. The summed E-state index contributed by atoms with van der Waals surface area (Å²) in [7, 11) is 0. The Balaban J connectivity index is 0.00000289. The molecule has 4 aliphatic rings. The Labute approximate surface area is 211 Å². The van der Waals surface area contributed by atoms with Crippen molar-refractivity contribution < 1.29 is 0 Å². The first-order valence-corrected chi connectivity index (χ1v) is 14.6. The van der Waals surface area contributed by atoms with E-state index in [9.17, 15) is 0 Å². The minimum atomic E-state index is 0. The molecule has 0 bridgehead atoms. The molecule has 3 heteroatoms. The second kappa shape index (κ2) is 11.1. The summed E-state index contributed by atoms with van der Waals surface area (Å²) in [5.41, 5.74) is 1.26. The van der Waals surface area contributed by atoms with Gasteiger partial charge in [-0.2, -0.15) is 0 Å². The van der Waals surface area contributed by atoms with Gasteiger partial charge < -0.3 is 5.32 Å². The van der Waals surface area contributed by atoms with Crippen LogP contribution < -0.4 is 5.32 Å². The molecule has 0 unspecified atom stereocenters. The summed E-state index contributed by atoms with van der Waals surface area (Å²) >= 11 is 5.95. The molecule has 1 nitrogen and oxygen atoms in total. The van der Waals surface area contributed by atoms with Crippen LogP contribution in [0.3, 0.4) is 0 Å². The molecule has 0 heterocycles. The lowest BCUT2D eigenvalue weighted by Crippen LogP contribution is -2.55. The maximum atomic E-state index is 5.95. The summed E-state index contributed by atoms with van der Waals surface area (Å²) < 4.78 is 0. The third kappa shape index (κ3) is 5.06. The summed E-state index contributed by atoms with van der Waals surface area (Å²) in [5.74, 6) is 7.55. The van der Waals surface area contributed by atoms with Crippen LogP contribution >= 0.6 is 24.0 Å². The molecule has 4 saturated carbocycles. The third-order valence-corrected chi connectivity index (χ3v) is 11.6. The normalized spacial score (nSPS) is 44.3. The van der Waals surface area contributed by atoms with E-state index in [0.29, 0.717) is 10.8 Å². The van der Waals surface area contributed by atoms with Gasteiger partial charge in [0.15, 0.2) is 0 Å². The molecule has 9 atom stereocenters. The fourth-order valence-electron chi connectivity index (χ4n) is 9.73. The van der Waals surface area contributed by atoms with Crippen molar-refractivity contribution in [1.82, 2.24) is 5.32 Å². The molecule has 4 rings (SSSR count). The zero-order chi connectivity index (χ0) is 22.2. The van der Waals surface area contributed by atoms with Crippen LogP contribution in [0.1, 0.15) is 112 Å². The molecule has 188 valence electrons. The lowest BCUT2D eigenvalue weighted by atomic mass is 9.44. The van der Waals surface area contributed by atoms with Crippen LogP contribution in [0.4, 0.5) is 0 Å². The fourth-order valence-corrected chi connectivity index (χ4v) is 9.84. The first kappa shape index (κ1) is 27.1. The van der Waals surface area contributed by atoms with Gasteiger partial charge in [0.05, 0.1) is 0 Å². The van der Waals surface area contributed by atoms with Crippen molar-refractivity contribution in [3.63, 3.8) is 0 Å². The second-order valence-electron chi connectivity index (χ2n) is 13.3. The number of hydrogen-bond acceptors (Lipinski definition) is 1. The molecule has 0 amide bonds. The van der Waals surface area contributed by atoms with E-state index in [-0.39, 0.29) is 12.4 Å². The van der Waals surface area contributed by atoms with E-state index < -0.39 is 0 Å². The van der Waals surface area contributed by atoms with E-state index in [1.54, 1.807) is 0 Å². The fraction of sp³-hybridized carbons (Fsp3) is 1.00. The van der Waals surface area contributed by atoms with Gasteiger partial charge in [0.2, 0.25) is 0 Å². The van der Waals surface area contributed by atoms with Crippen LogP contribution in [0.2, 0.25) is 0 Å². The minimum Gasteiger partial charge on any atom is -0.313 e. The summed E-state index contributed by atoms with van der Waals surface area (Å²) in [6.07, 6.45) is 17.7. The smallest absolute Gasteiger partial charge is 0.0348 e. The van der Waals surface area contributed by atoms with Gasteiger partial charge in [-0.15, -0.1) is 24.0 Å². The van der Waals surface area contributed by atoms with E-state index in [1.807, 2.05) is 0 Å². The molecule has 0 aromatic heterocycles. The van der Waals surface area contributed by atoms with E-state index >= 15 is 0 Å². The highest BCUT2D eigenvalue weighted by Gasteiger charge is 2.60. The molecule has 4 aliphatic carbocycles. The predicted octanol–water partition coefficient (Wildman–Crippen LogP) is 8.73. The Morgan fingerprint density at radius 1 is 0.875 bits per heavy atom. The van der Waals surface area contributed by atoms with Crippen molar-refractivity contribution >= 4 is 24.0 Å². The Kier molecular flexibility index (Phi) is 9.39. The van der Waals surface area contributed by atoms with E-state index in [1.165, 1.54) is 77.0 Å². The van der Waals surface area contributed by atoms with Gasteiger partial charge in [-0.05, 0) is 110 Å². The minimum absolute atomic E-state index is 0. The number of fused-ring (bicyclic) bond motifs is 5. The molecule has 0 saturated heterocycles. The van der Waals surface area contributed by atoms with Gasteiger partial charge >= 0.3 is 0 Å². The van der Waals surface area contributed by atoms with E-state index in [0.717, 1.165) is 59.9 Å². The highest BCUT2D eigenvalue weighted by Crippen LogP contribution is 2.68. The van der Waals surface area contributed by atoms with Crippen LogP contribution in [0.5, 0.6) is 0 Å². The van der Waals surface area contributed by atoms with Crippen LogP contribution in [-0.2, 0) is 0 Å². The number of hydrogen-bond donors (Lipinski definition) is 1. The SMILES string of the molecule is CC(C)CCC[C@@H](C)[C@H]1CC[C@H]2[C@@H]3CC[C@H]4C[C@H](NCCCl)CC[C@]4(C)[C@H]3CC[C@]12C.Cl. The summed E-state index contributed by atoms with van der Waals surface area (Å²) in [5, 5.41) is 3.75. The maximum Gasteiger partial charge on any atom is 0.0348 e. The standard InChI is InChI=1S/C29H52ClN.ClH/c1-20(2)7-6-8-21(3)25-11-12-26-24-10-9-22-19-23(31-18-17-30)13-15-28(22,4)27(24)14-16-29(25,26)5;/h20-27,31H,6-19H2,1-5H3;1H/t21-,22+,23-,24+,25-,26+,27+,28+,29-;/m1./s1. The highest BCUT2D eigenvalue weighted by atomic mass is 35.5. The summed E-state index contributed by atoms with van der Waals surface area (Å²) in [6, 6.07) is 0.727. The molecule has 0 aromatic rings. The molecule has 1 N–H and O–H groups in total. The van der Waals surface area contributed by atoms with Gasteiger partial charge in [-0.25, -0.2) is 0 Å². The number of halogens is 2. The Morgan fingerprint density at radius 3 is 2.31 bits per heavy atom. The van der Waals surface area contributed by atoms with E-state index in [2.05, 4.69) is 39.9 Å². The number of alkyl halides is 1. The van der Waals surface area contributed by atoms with Gasteiger partial charge in [-0.3, -0.25) is 0 Å². The quantitative estimate of drug-likeness (QED) is 0.338. The van der Waals surface area contributed by atoms with Crippen molar-refractivity contribution in [2.45, 2.75) is 118 Å². The Bertz CT molecular complexity index is 594. The van der Waals surface area contributed by atoms with Crippen LogP contribution in [-0.4, -0.2) is 18.5 Å². The third-order valence-electron chi connectivity index (χ3n) is 11.4. The van der Waals surface area contributed by atoms with Crippen LogP contribution in [0, 0.1) is 52.3 Å². The van der Waals surface area contributed by atoms with Gasteiger partial charge in [0, 0.05) is 18.5 Å². The molecule has 0 radical (unpaired) electrons. The topological polar surface area (TPSA) is 12.0 Å². The maximum absolute atomic E-state index is 5.95. The zero-order valence-electron chi connectivity index (χ0n) is 21.8.